The zero-order valence-corrected chi connectivity index (χ0v) is 20.0. The smallest absolute Gasteiger partial charge is 0.349 e. The number of amidine groups is 1. The fourth-order valence-corrected chi connectivity index (χ4v) is 3.75. The van der Waals surface area contributed by atoms with Gasteiger partial charge in [-0.1, -0.05) is 0 Å². The fourth-order valence-electron chi connectivity index (χ4n) is 3.75. The molecule has 0 bridgehead atoms. The van der Waals surface area contributed by atoms with Crippen molar-refractivity contribution in [3.8, 4) is 17.3 Å². The number of nitrogens with zero attached hydrogens (tertiary/aromatic N) is 4. The number of H-pyrrole nitrogens is 1. The molecule has 4 aromatic rings. The summed E-state index contributed by atoms with van der Waals surface area (Å²) in [4.78, 5) is 15.6. The van der Waals surface area contributed by atoms with Crippen molar-refractivity contribution in [3.05, 3.63) is 87.7 Å². The van der Waals surface area contributed by atoms with Crippen LogP contribution in [0.1, 0.15) is 28.6 Å². The van der Waals surface area contributed by atoms with Crippen molar-refractivity contribution < 1.29 is 14.2 Å². The van der Waals surface area contributed by atoms with Crippen molar-refractivity contribution >= 4 is 11.5 Å². The van der Waals surface area contributed by atoms with Crippen LogP contribution in [0.2, 0.25) is 0 Å². The van der Waals surface area contributed by atoms with Crippen molar-refractivity contribution in [2.45, 2.75) is 12.6 Å². The van der Waals surface area contributed by atoms with Gasteiger partial charge in [-0.05, 0) is 54.1 Å². The molecule has 1 atom stereocenters. The molecule has 0 aliphatic carbocycles. The second-order valence-electron chi connectivity index (χ2n) is 7.73. The maximum absolute atomic E-state index is 12.8. The maximum Gasteiger partial charge on any atom is 0.349 e. The van der Waals surface area contributed by atoms with Crippen molar-refractivity contribution in [1.29, 1.82) is 5.41 Å². The first kappa shape index (κ1) is 24.4. The highest BCUT2D eigenvalue weighted by atomic mass is 16.5. The third kappa shape index (κ3) is 5.03. The lowest BCUT2D eigenvalue weighted by molar-refractivity contribution is 0.180. The first-order chi connectivity index (χ1) is 17.4. The van der Waals surface area contributed by atoms with E-state index in [4.69, 9.17) is 25.4 Å². The molecule has 5 N–H and O–H groups in total. The van der Waals surface area contributed by atoms with Crippen molar-refractivity contribution in [3.63, 3.8) is 0 Å². The summed E-state index contributed by atoms with van der Waals surface area (Å²) in [7, 11) is 4.69. The molecule has 36 heavy (non-hydrogen) atoms. The van der Waals surface area contributed by atoms with Gasteiger partial charge >= 0.3 is 5.69 Å². The van der Waals surface area contributed by atoms with Gasteiger partial charge in [0.1, 0.15) is 11.9 Å². The van der Waals surface area contributed by atoms with Crippen LogP contribution >= 0.6 is 0 Å². The molecule has 1 unspecified atom stereocenters. The van der Waals surface area contributed by atoms with Gasteiger partial charge in [0.2, 0.25) is 0 Å². The van der Waals surface area contributed by atoms with E-state index >= 15 is 0 Å². The number of hydrogen-bond donors (Lipinski definition) is 4. The number of aromatic nitrogens is 5. The Balaban J connectivity index is 1.84. The van der Waals surface area contributed by atoms with Crippen LogP contribution in [0.3, 0.4) is 0 Å². The summed E-state index contributed by atoms with van der Waals surface area (Å²) in [6.45, 7) is 0.276. The van der Waals surface area contributed by atoms with Gasteiger partial charge in [-0.3, -0.25) is 10.4 Å². The highest BCUT2D eigenvalue weighted by Gasteiger charge is 2.24. The second kappa shape index (κ2) is 10.7. The molecule has 12 heteroatoms. The monoisotopic (exact) mass is 490 g/mol. The zero-order chi connectivity index (χ0) is 25.7. The SMILES string of the molecule is COCc1cc(C(Nc2ccc(C(=N)N)cc2)c2nn(-c3cccnn3)c(=O)[nH]2)cc(OC)c1OC. The Kier molecular flexibility index (Phi) is 7.25. The maximum atomic E-state index is 12.8. The number of aromatic amines is 1. The fraction of sp³-hybridized carbons (Fsp3) is 0.208. The molecular formula is C24H26N8O4. The van der Waals surface area contributed by atoms with Crippen LogP contribution in [0.5, 0.6) is 11.5 Å². The number of nitrogens with two attached hydrogens (primary N) is 1. The van der Waals surface area contributed by atoms with E-state index in [-0.39, 0.29) is 18.3 Å². The highest BCUT2D eigenvalue weighted by molar-refractivity contribution is 5.95. The van der Waals surface area contributed by atoms with E-state index in [2.05, 4.69) is 25.6 Å². The predicted molar refractivity (Wildman–Crippen MR) is 133 cm³/mol. The predicted octanol–water partition coefficient (Wildman–Crippen LogP) is 2.00. The number of rotatable bonds is 10. The molecule has 0 amide bonds. The summed E-state index contributed by atoms with van der Waals surface area (Å²) in [6.07, 6.45) is 1.51. The standard InChI is InChI=1S/C24H26N8O4/c1-34-13-16-11-15(12-18(35-2)21(16)36-3)20(28-17-8-6-14(7-9-17)22(25)26)23-29-24(33)32(31-23)19-5-4-10-27-30-19/h4-12,20,28H,13H2,1-3H3,(H3,25,26)(H,29,31,33). The third-order valence-electron chi connectivity index (χ3n) is 5.40. The Labute approximate surface area is 206 Å². The van der Waals surface area contributed by atoms with Crippen molar-refractivity contribution in [2.75, 3.05) is 26.6 Å². The number of nitrogen functional groups attached to an aromatic ring is 1. The van der Waals surface area contributed by atoms with E-state index in [0.29, 0.717) is 28.6 Å². The first-order valence-corrected chi connectivity index (χ1v) is 10.9. The van der Waals surface area contributed by atoms with E-state index in [0.717, 1.165) is 15.8 Å². The molecule has 2 heterocycles. The normalized spacial score (nSPS) is 11.6. The van der Waals surface area contributed by atoms with Gasteiger partial charge in [-0.2, -0.15) is 9.78 Å². The number of benzene rings is 2. The van der Waals surface area contributed by atoms with Gasteiger partial charge in [-0.15, -0.1) is 10.2 Å². The number of nitrogens with one attached hydrogen (secondary N) is 3. The Hall–Kier alpha value is -4.71. The van der Waals surface area contributed by atoms with E-state index < -0.39 is 11.7 Å². The zero-order valence-electron chi connectivity index (χ0n) is 20.0. The largest absolute Gasteiger partial charge is 0.493 e. The number of methoxy groups -OCH3 is 3. The minimum Gasteiger partial charge on any atom is -0.493 e. The lowest BCUT2D eigenvalue weighted by Crippen LogP contribution is -2.17. The molecule has 2 aromatic heterocycles. The van der Waals surface area contributed by atoms with Crippen molar-refractivity contribution in [2.24, 2.45) is 5.73 Å². The second-order valence-corrected chi connectivity index (χ2v) is 7.73. The summed E-state index contributed by atoms with van der Waals surface area (Å²) < 4.78 is 17.6. The Morgan fingerprint density at radius 2 is 1.94 bits per heavy atom. The molecule has 0 saturated carbocycles. The molecule has 0 saturated heterocycles. The minimum atomic E-state index is -0.616. The van der Waals surface area contributed by atoms with Gasteiger partial charge in [-0.25, -0.2) is 4.79 Å². The Morgan fingerprint density at radius 3 is 2.56 bits per heavy atom. The minimum absolute atomic E-state index is 0.0331. The van der Waals surface area contributed by atoms with E-state index in [1.807, 2.05) is 6.07 Å². The molecule has 0 spiro atoms. The Morgan fingerprint density at radius 1 is 1.17 bits per heavy atom. The number of ether oxygens (including phenoxy) is 3. The van der Waals surface area contributed by atoms with Crippen molar-refractivity contribution in [1.82, 2.24) is 25.0 Å². The van der Waals surface area contributed by atoms with Crippen LogP contribution in [-0.4, -0.2) is 52.1 Å². The van der Waals surface area contributed by atoms with Crippen LogP contribution in [0.4, 0.5) is 5.69 Å². The molecule has 2 aromatic carbocycles. The average molecular weight is 491 g/mol. The van der Waals surface area contributed by atoms with Gasteiger partial charge in [0.05, 0.1) is 20.8 Å². The summed E-state index contributed by atoms with van der Waals surface area (Å²) in [5.41, 5.74) is 7.90. The van der Waals surface area contributed by atoms with Gasteiger partial charge in [0, 0.05) is 30.1 Å². The first-order valence-electron chi connectivity index (χ1n) is 10.9. The highest BCUT2D eigenvalue weighted by Crippen LogP contribution is 2.37. The topological polar surface area (TPSA) is 166 Å². The average Bonchev–Trinajstić information content (AvgIpc) is 3.28. The van der Waals surface area contributed by atoms with Gasteiger partial charge in [0.25, 0.3) is 0 Å². The lowest BCUT2D eigenvalue weighted by Gasteiger charge is -2.21. The summed E-state index contributed by atoms with van der Waals surface area (Å²) in [5, 5.41) is 23.3. The van der Waals surface area contributed by atoms with Crippen LogP contribution in [0.15, 0.2) is 59.5 Å². The molecule has 0 radical (unpaired) electrons. The summed E-state index contributed by atoms with van der Waals surface area (Å²) in [6, 6.07) is 13.4. The Bertz CT molecular complexity index is 1400. The molecule has 12 nitrogen and oxygen atoms in total. The molecule has 4 rings (SSSR count). The molecular weight excluding hydrogens is 464 g/mol. The van der Waals surface area contributed by atoms with E-state index in [1.54, 1.807) is 63.8 Å². The molecule has 186 valence electrons. The van der Waals surface area contributed by atoms with Crippen LogP contribution in [0, 0.1) is 5.41 Å². The number of anilines is 1. The van der Waals surface area contributed by atoms with Gasteiger partial charge < -0.3 is 25.3 Å². The van der Waals surface area contributed by atoms with Gasteiger partial charge in [0.15, 0.2) is 23.1 Å². The lowest BCUT2D eigenvalue weighted by atomic mass is 10.0. The third-order valence-corrected chi connectivity index (χ3v) is 5.40. The summed E-state index contributed by atoms with van der Waals surface area (Å²) >= 11 is 0. The van der Waals surface area contributed by atoms with E-state index in [1.165, 1.54) is 6.20 Å². The quantitative estimate of drug-likeness (QED) is 0.192. The van der Waals surface area contributed by atoms with E-state index in [9.17, 15) is 4.79 Å². The van der Waals surface area contributed by atoms with Crippen LogP contribution in [0.25, 0.3) is 5.82 Å². The van der Waals surface area contributed by atoms with Crippen LogP contribution in [-0.2, 0) is 11.3 Å². The van der Waals surface area contributed by atoms with Crippen LogP contribution < -0.4 is 26.2 Å². The number of hydrogen-bond acceptors (Lipinski definition) is 9. The summed E-state index contributed by atoms with van der Waals surface area (Å²) in [5.74, 6) is 1.62. The molecule has 0 aliphatic rings. The molecule has 0 aliphatic heterocycles. The molecule has 0 fully saturated rings.